The van der Waals surface area contributed by atoms with Crippen LogP contribution in [0.1, 0.15) is 52.6 Å². The van der Waals surface area contributed by atoms with Crippen LogP contribution in [-0.4, -0.2) is 58.5 Å². The first-order valence-corrected chi connectivity index (χ1v) is 13.8. The molecule has 0 unspecified atom stereocenters. The van der Waals surface area contributed by atoms with Crippen LogP contribution in [0.25, 0.3) is 0 Å². The van der Waals surface area contributed by atoms with Crippen molar-refractivity contribution in [1.82, 2.24) is 15.8 Å². The molecule has 3 N–H and O–H groups in total. The Morgan fingerprint density at radius 1 is 1.15 bits per heavy atom. The number of halogens is 6. The van der Waals surface area contributed by atoms with E-state index in [2.05, 4.69) is 21.1 Å². The van der Waals surface area contributed by atoms with Crippen molar-refractivity contribution in [3.8, 4) is 0 Å². The second kappa shape index (κ2) is 11.9. The Kier molecular flexibility index (Phi) is 9.42. The zero-order chi connectivity index (χ0) is 30.0. The smallest absolute Gasteiger partial charge is 0.349 e. The van der Waals surface area contributed by atoms with E-state index in [4.69, 9.17) is 11.6 Å². The Morgan fingerprint density at radius 2 is 1.82 bits per heavy atom. The van der Waals surface area contributed by atoms with Crippen LogP contribution in [0.15, 0.2) is 41.4 Å². The number of hydrogen-bond acceptors (Lipinski definition) is 6. The maximum atomic E-state index is 13.9. The first-order chi connectivity index (χ1) is 18.5. The van der Waals surface area contributed by atoms with E-state index >= 15 is 0 Å². The molecule has 3 rings (SSSR count). The Hall–Kier alpha value is -2.90. The highest BCUT2D eigenvalue weighted by Gasteiger charge is 2.63. The average Bonchev–Trinajstić information content (AvgIpc) is 3.14. The van der Waals surface area contributed by atoms with Gasteiger partial charge in [0, 0.05) is 24.0 Å². The average molecular weight is 606 g/mol. The van der Waals surface area contributed by atoms with E-state index in [1.165, 1.54) is 31.0 Å². The van der Waals surface area contributed by atoms with Gasteiger partial charge in [0.1, 0.15) is 5.66 Å². The fourth-order valence-corrected chi connectivity index (χ4v) is 4.84. The summed E-state index contributed by atoms with van der Waals surface area (Å²) in [6.45, 7) is 6.28. The Morgan fingerprint density at radius 3 is 2.42 bits per heavy atom. The lowest BCUT2D eigenvalue weighted by molar-refractivity contribution is -0.250. The second-order valence-electron chi connectivity index (χ2n) is 9.82. The van der Waals surface area contributed by atoms with Crippen LogP contribution < -0.4 is 16.1 Å². The van der Waals surface area contributed by atoms with Crippen molar-refractivity contribution in [3.05, 3.63) is 63.7 Å². The number of rotatable bonds is 9. The molecule has 0 fully saturated rings. The topological polar surface area (TPSA) is 85.8 Å². The zero-order valence-electron chi connectivity index (χ0n) is 22.3. The first kappa shape index (κ1) is 31.6. The van der Waals surface area contributed by atoms with E-state index in [1.807, 2.05) is 13.2 Å². The van der Waals surface area contributed by atoms with Crippen molar-refractivity contribution in [2.24, 2.45) is 4.99 Å². The van der Waals surface area contributed by atoms with E-state index in [1.54, 1.807) is 43.0 Å². The quantitative estimate of drug-likeness (QED) is 0.304. The third-order valence-corrected chi connectivity index (χ3v) is 7.25. The summed E-state index contributed by atoms with van der Waals surface area (Å²) in [5.41, 5.74) is 2.38. The maximum Gasteiger partial charge on any atom is 0.461 e. The van der Waals surface area contributed by atoms with Crippen molar-refractivity contribution in [2.45, 2.75) is 58.0 Å². The first-order valence-electron chi connectivity index (χ1n) is 12.1. The Bertz CT molecular complexity index is 1320. The summed E-state index contributed by atoms with van der Waals surface area (Å²) >= 11 is 7.83. The Labute approximate surface area is 237 Å². The number of aryl methyl sites for hydroxylation is 1. The molecule has 0 radical (unpaired) electrons. The number of thioether (sulfide) groups is 1. The third-order valence-electron chi connectivity index (χ3n) is 6.10. The van der Waals surface area contributed by atoms with Crippen LogP contribution in [0.5, 0.6) is 0 Å². The highest BCUT2D eigenvalue weighted by molar-refractivity contribution is 7.98. The summed E-state index contributed by atoms with van der Waals surface area (Å²) in [6, 6.07) is 9.22. The number of amidine groups is 1. The molecule has 2 amide bonds. The lowest BCUT2D eigenvalue weighted by Crippen LogP contribution is -2.53. The minimum atomic E-state index is -5.79. The molecule has 14 heteroatoms. The van der Waals surface area contributed by atoms with Gasteiger partial charge >= 0.3 is 12.1 Å². The summed E-state index contributed by atoms with van der Waals surface area (Å²) < 4.78 is 66.2. The van der Waals surface area contributed by atoms with Gasteiger partial charge in [0.15, 0.2) is 5.84 Å². The third kappa shape index (κ3) is 6.87. The molecular weight excluding hydrogens is 577 g/mol. The number of anilines is 1. The maximum absolute atomic E-state index is 13.9. The number of carbonyl (C=O) groups excluding carboxylic acids is 2. The monoisotopic (exact) mass is 605 g/mol. The van der Waals surface area contributed by atoms with E-state index in [9.17, 15) is 31.5 Å². The molecule has 2 aromatic carbocycles. The van der Waals surface area contributed by atoms with E-state index in [0.717, 1.165) is 0 Å². The molecular formula is C26H29ClF5N5O2S. The summed E-state index contributed by atoms with van der Waals surface area (Å²) in [5.74, 6) is -6.99. The molecule has 0 saturated carbocycles. The lowest BCUT2D eigenvalue weighted by atomic mass is 10.0. The van der Waals surface area contributed by atoms with E-state index in [0.29, 0.717) is 22.6 Å². The largest absolute Gasteiger partial charge is 0.461 e. The van der Waals surface area contributed by atoms with E-state index in [-0.39, 0.29) is 28.7 Å². The normalized spacial score (nSPS) is 16.2. The van der Waals surface area contributed by atoms with Crippen molar-refractivity contribution < 1.29 is 31.5 Å². The summed E-state index contributed by atoms with van der Waals surface area (Å²) in [4.78, 5) is 29.6. The fraction of sp³-hybridized carbons (Fsp3) is 0.423. The molecule has 40 heavy (non-hydrogen) atoms. The van der Waals surface area contributed by atoms with Crippen molar-refractivity contribution in [1.29, 1.82) is 0 Å². The van der Waals surface area contributed by atoms with Crippen LogP contribution >= 0.6 is 23.4 Å². The second-order valence-corrected chi connectivity index (χ2v) is 11.1. The zero-order valence-corrected chi connectivity index (χ0v) is 23.9. The number of nitrogens with one attached hydrogen (secondary N) is 3. The van der Waals surface area contributed by atoms with Gasteiger partial charge in [-0.25, -0.2) is 4.99 Å². The molecule has 218 valence electrons. The van der Waals surface area contributed by atoms with Crippen LogP contribution in [-0.2, 0) is 6.54 Å². The minimum absolute atomic E-state index is 0.0395. The van der Waals surface area contributed by atoms with Crippen molar-refractivity contribution in [2.75, 3.05) is 17.3 Å². The summed E-state index contributed by atoms with van der Waals surface area (Å²) in [7, 11) is 0. The number of hydrazine groups is 1. The van der Waals surface area contributed by atoms with Gasteiger partial charge in [-0.3, -0.25) is 15.0 Å². The van der Waals surface area contributed by atoms with Crippen LogP contribution in [0, 0.1) is 6.92 Å². The number of hydrogen-bond donors (Lipinski definition) is 3. The highest BCUT2D eigenvalue weighted by Crippen LogP contribution is 2.39. The number of amides is 2. The van der Waals surface area contributed by atoms with E-state index < -0.39 is 35.4 Å². The number of carbonyl (C=O) groups is 2. The molecule has 0 aliphatic carbocycles. The predicted molar refractivity (Wildman–Crippen MR) is 147 cm³/mol. The van der Waals surface area contributed by atoms with Crippen LogP contribution in [0.2, 0.25) is 5.02 Å². The number of benzene rings is 2. The standard InChI is InChI=1S/C26H29ClF5N5O2S/c1-14-11-16(12-37-24(3,4)35-23(36-37)25(28,29)26(30,31)32)9-10-19(14)34-21(38)17-7-6-8-18(27)20(17)22(39)33-15(2)13-40-5/h6-11,15H,12-13H2,1-5H3,(H,33,39)(H,34,38)(H,35,36)/t15-/m0/s1. The van der Waals surface area contributed by atoms with Gasteiger partial charge in [0.2, 0.25) is 0 Å². The SMILES string of the molecule is CSC[C@H](C)NC(=O)c1c(Cl)cccc1C(=O)Nc1ccc(CN2NC(C(F)(F)C(F)(F)F)=NC2(C)C)cc1C. The van der Waals surface area contributed by atoms with Gasteiger partial charge in [-0.1, -0.05) is 29.8 Å². The van der Waals surface area contributed by atoms with Gasteiger partial charge in [-0.2, -0.15) is 38.7 Å². The lowest BCUT2D eigenvalue weighted by Gasteiger charge is -2.29. The number of nitrogens with zero attached hydrogens (tertiary/aromatic N) is 2. The molecule has 2 aromatic rings. The molecule has 7 nitrogen and oxygen atoms in total. The summed E-state index contributed by atoms with van der Waals surface area (Å²) in [5, 5.41) is 6.86. The molecule has 1 aliphatic heterocycles. The molecule has 0 saturated heterocycles. The van der Waals surface area contributed by atoms with Gasteiger partial charge in [0.25, 0.3) is 11.8 Å². The van der Waals surface area contributed by atoms with Crippen LogP contribution in [0.3, 0.4) is 0 Å². The molecule has 1 aliphatic rings. The van der Waals surface area contributed by atoms with Gasteiger partial charge in [0.05, 0.1) is 16.1 Å². The van der Waals surface area contributed by atoms with Gasteiger partial charge in [-0.05, 0) is 63.3 Å². The molecule has 0 aromatic heterocycles. The number of aliphatic imine (C=N–C) groups is 1. The molecule has 0 bridgehead atoms. The molecule has 1 heterocycles. The predicted octanol–water partition coefficient (Wildman–Crippen LogP) is 6.03. The summed E-state index contributed by atoms with van der Waals surface area (Å²) in [6.07, 6.45) is -3.89. The van der Waals surface area contributed by atoms with Gasteiger partial charge < -0.3 is 10.6 Å². The molecule has 1 atom stereocenters. The van der Waals surface area contributed by atoms with Gasteiger partial charge in [-0.15, -0.1) is 0 Å². The minimum Gasteiger partial charge on any atom is -0.349 e. The Balaban J connectivity index is 1.76. The fourth-order valence-electron chi connectivity index (χ4n) is 4.00. The van der Waals surface area contributed by atoms with Crippen molar-refractivity contribution >= 4 is 46.7 Å². The van der Waals surface area contributed by atoms with Crippen molar-refractivity contribution in [3.63, 3.8) is 0 Å². The highest BCUT2D eigenvalue weighted by atomic mass is 35.5. The molecule has 0 spiro atoms. The number of alkyl halides is 5. The van der Waals surface area contributed by atoms with Crippen LogP contribution in [0.4, 0.5) is 27.6 Å².